The van der Waals surface area contributed by atoms with Gasteiger partial charge in [0.1, 0.15) is 5.82 Å². The molecule has 1 aromatic carbocycles. The maximum Gasteiger partial charge on any atom is 0.471 e. The number of fused-ring (bicyclic) bond motifs is 1. The highest BCUT2D eigenvalue weighted by atomic mass is 127. The summed E-state index contributed by atoms with van der Waals surface area (Å²) in [7, 11) is 0. The van der Waals surface area contributed by atoms with Crippen LogP contribution in [0.2, 0.25) is 0 Å². The molecule has 0 saturated heterocycles. The van der Waals surface area contributed by atoms with Gasteiger partial charge in [-0.3, -0.25) is 9.59 Å². The standard InChI is InChI=1S/C13H10F4INO2/c14-8-5-7-6(3-1-2-4-9(7)20)10(18)11(8)19-12(21)13(15,16)17/h5H,1-4H2,(H,19,21). The van der Waals surface area contributed by atoms with Gasteiger partial charge in [0.05, 0.1) is 5.69 Å². The van der Waals surface area contributed by atoms with Crippen LogP contribution >= 0.6 is 22.6 Å². The molecule has 1 amide bonds. The van der Waals surface area contributed by atoms with Crippen molar-refractivity contribution < 1.29 is 27.2 Å². The van der Waals surface area contributed by atoms with Gasteiger partial charge in [0, 0.05) is 15.6 Å². The van der Waals surface area contributed by atoms with E-state index in [1.54, 1.807) is 27.9 Å². The van der Waals surface area contributed by atoms with Gasteiger partial charge in [-0.25, -0.2) is 4.39 Å². The number of hydrogen-bond donors (Lipinski definition) is 1. The molecule has 1 N–H and O–H groups in total. The molecule has 0 aromatic heterocycles. The Hall–Kier alpha value is -1.19. The predicted molar refractivity (Wildman–Crippen MR) is 75.7 cm³/mol. The highest BCUT2D eigenvalue weighted by Gasteiger charge is 2.39. The van der Waals surface area contributed by atoms with E-state index in [0.717, 1.165) is 6.07 Å². The summed E-state index contributed by atoms with van der Waals surface area (Å²) >= 11 is 1.66. The van der Waals surface area contributed by atoms with Crippen LogP contribution in [0.3, 0.4) is 0 Å². The molecule has 0 saturated carbocycles. The Morgan fingerprint density at radius 1 is 1.24 bits per heavy atom. The summed E-state index contributed by atoms with van der Waals surface area (Å²) < 4.78 is 50.9. The van der Waals surface area contributed by atoms with Crippen molar-refractivity contribution in [1.82, 2.24) is 0 Å². The van der Waals surface area contributed by atoms with Crippen molar-refractivity contribution in [3.05, 3.63) is 26.6 Å². The number of carbonyl (C=O) groups excluding carboxylic acids is 2. The lowest BCUT2D eigenvalue weighted by Gasteiger charge is -2.15. The minimum absolute atomic E-state index is 0.149. The first kappa shape index (κ1) is 16.2. The lowest BCUT2D eigenvalue weighted by molar-refractivity contribution is -0.167. The Balaban J connectivity index is 2.47. The number of anilines is 1. The molecule has 0 radical (unpaired) electrons. The summed E-state index contributed by atoms with van der Waals surface area (Å²) in [5, 5.41) is 1.55. The van der Waals surface area contributed by atoms with E-state index < -0.39 is 23.6 Å². The summed E-state index contributed by atoms with van der Waals surface area (Å²) in [5.41, 5.74) is 0.169. The molecule has 0 heterocycles. The molecule has 1 aliphatic rings. The van der Waals surface area contributed by atoms with E-state index in [0.29, 0.717) is 24.8 Å². The fraction of sp³-hybridized carbons (Fsp3) is 0.385. The van der Waals surface area contributed by atoms with Crippen molar-refractivity contribution in [3.8, 4) is 0 Å². The third-order valence-corrected chi connectivity index (χ3v) is 4.39. The maximum absolute atomic E-state index is 14.0. The summed E-state index contributed by atoms with van der Waals surface area (Å²) in [6, 6.07) is 0.914. The Labute approximate surface area is 131 Å². The first-order valence-electron chi connectivity index (χ1n) is 6.14. The van der Waals surface area contributed by atoms with Crippen LogP contribution < -0.4 is 5.32 Å². The van der Waals surface area contributed by atoms with Gasteiger partial charge in [-0.1, -0.05) is 0 Å². The molecule has 1 aromatic rings. The van der Waals surface area contributed by atoms with Gasteiger partial charge in [-0.15, -0.1) is 0 Å². The number of ketones is 1. The molecule has 21 heavy (non-hydrogen) atoms. The van der Waals surface area contributed by atoms with Crippen molar-refractivity contribution in [2.45, 2.75) is 31.9 Å². The summed E-state index contributed by atoms with van der Waals surface area (Å²) in [4.78, 5) is 22.8. The minimum atomic E-state index is -5.10. The van der Waals surface area contributed by atoms with E-state index in [1.807, 2.05) is 0 Å². The number of Topliss-reactive ketones (excluding diaryl/α,β-unsaturated/α-hetero) is 1. The van der Waals surface area contributed by atoms with Crippen molar-refractivity contribution in [2.24, 2.45) is 0 Å². The number of amides is 1. The summed E-state index contributed by atoms with van der Waals surface area (Å²) in [5.74, 6) is -3.50. The maximum atomic E-state index is 14.0. The largest absolute Gasteiger partial charge is 0.471 e. The fourth-order valence-electron chi connectivity index (χ4n) is 2.17. The second kappa shape index (κ2) is 5.90. The average Bonchev–Trinajstić information content (AvgIpc) is 2.56. The zero-order chi connectivity index (χ0) is 15.8. The van der Waals surface area contributed by atoms with Gasteiger partial charge in [-0.2, -0.15) is 13.2 Å². The molecular formula is C13H10F4INO2. The van der Waals surface area contributed by atoms with E-state index in [4.69, 9.17) is 0 Å². The topological polar surface area (TPSA) is 46.2 Å². The van der Waals surface area contributed by atoms with Crippen LogP contribution in [-0.4, -0.2) is 17.9 Å². The van der Waals surface area contributed by atoms with Crippen LogP contribution in [0.5, 0.6) is 0 Å². The molecular weight excluding hydrogens is 405 g/mol. The van der Waals surface area contributed by atoms with Crippen LogP contribution in [0.4, 0.5) is 23.2 Å². The van der Waals surface area contributed by atoms with Crippen molar-refractivity contribution in [2.75, 3.05) is 5.32 Å². The molecule has 114 valence electrons. The van der Waals surface area contributed by atoms with Gasteiger partial charge in [0.15, 0.2) is 5.78 Å². The second-order valence-electron chi connectivity index (χ2n) is 4.66. The van der Waals surface area contributed by atoms with E-state index in [2.05, 4.69) is 0 Å². The molecule has 0 bridgehead atoms. The smallest absolute Gasteiger partial charge is 0.315 e. The number of halogens is 5. The average molecular weight is 415 g/mol. The van der Waals surface area contributed by atoms with Gasteiger partial charge in [0.25, 0.3) is 0 Å². The third kappa shape index (κ3) is 3.35. The zero-order valence-corrected chi connectivity index (χ0v) is 12.8. The number of alkyl halides is 3. The van der Waals surface area contributed by atoms with Gasteiger partial charge < -0.3 is 5.32 Å². The molecule has 0 atom stereocenters. The van der Waals surface area contributed by atoms with E-state index >= 15 is 0 Å². The van der Waals surface area contributed by atoms with Gasteiger partial charge in [-0.05, 0) is 53.5 Å². The van der Waals surface area contributed by atoms with Gasteiger partial charge in [0.2, 0.25) is 0 Å². The van der Waals surface area contributed by atoms with E-state index in [1.165, 1.54) is 0 Å². The number of rotatable bonds is 1. The summed E-state index contributed by atoms with van der Waals surface area (Å²) in [6.07, 6.45) is -3.01. The molecule has 2 rings (SSSR count). The molecule has 1 aliphatic carbocycles. The predicted octanol–water partition coefficient (Wildman–Crippen LogP) is 3.84. The monoisotopic (exact) mass is 415 g/mol. The zero-order valence-electron chi connectivity index (χ0n) is 10.6. The number of benzene rings is 1. The number of carbonyl (C=O) groups is 2. The van der Waals surface area contributed by atoms with Crippen LogP contribution in [0.15, 0.2) is 6.07 Å². The quantitative estimate of drug-likeness (QED) is 0.431. The Kier molecular flexibility index (Phi) is 4.54. The van der Waals surface area contributed by atoms with E-state index in [-0.39, 0.29) is 21.3 Å². The molecule has 0 spiro atoms. The first-order valence-corrected chi connectivity index (χ1v) is 7.22. The minimum Gasteiger partial charge on any atom is -0.315 e. The second-order valence-corrected chi connectivity index (χ2v) is 5.73. The Morgan fingerprint density at radius 3 is 2.48 bits per heavy atom. The number of nitrogens with one attached hydrogen (secondary N) is 1. The lowest BCUT2D eigenvalue weighted by Crippen LogP contribution is -2.31. The third-order valence-electron chi connectivity index (χ3n) is 3.20. The summed E-state index contributed by atoms with van der Waals surface area (Å²) in [6.45, 7) is 0. The molecule has 3 nitrogen and oxygen atoms in total. The van der Waals surface area contributed by atoms with Crippen LogP contribution in [0.25, 0.3) is 0 Å². The van der Waals surface area contributed by atoms with Crippen LogP contribution in [0, 0.1) is 9.39 Å². The molecule has 0 unspecified atom stereocenters. The van der Waals surface area contributed by atoms with E-state index in [9.17, 15) is 27.2 Å². The highest BCUT2D eigenvalue weighted by molar-refractivity contribution is 14.1. The Bertz CT molecular complexity index is 613. The number of hydrogen-bond acceptors (Lipinski definition) is 2. The fourth-order valence-corrected chi connectivity index (χ4v) is 3.13. The SMILES string of the molecule is O=C1CCCCc2c1cc(F)c(NC(=O)C(F)(F)F)c2I. The Morgan fingerprint density at radius 2 is 1.86 bits per heavy atom. The van der Waals surface area contributed by atoms with Gasteiger partial charge >= 0.3 is 12.1 Å². The van der Waals surface area contributed by atoms with Crippen molar-refractivity contribution in [3.63, 3.8) is 0 Å². The normalized spacial score (nSPS) is 15.4. The molecule has 8 heteroatoms. The van der Waals surface area contributed by atoms with Crippen molar-refractivity contribution >= 4 is 40.0 Å². The lowest BCUT2D eigenvalue weighted by atomic mass is 10.0. The van der Waals surface area contributed by atoms with Crippen LogP contribution in [-0.2, 0) is 11.2 Å². The molecule has 0 fully saturated rings. The van der Waals surface area contributed by atoms with Crippen LogP contribution in [0.1, 0.15) is 35.2 Å². The van der Waals surface area contributed by atoms with Crippen molar-refractivity contribution in [1.29, 1.82) is 0 Å². The highest BCUT2D eigenvalue weighted by Crippen LogP contribution is 2.33. The first-order chi connectivity index (χ1) is 9.71. The molecule has 0 aliphatic heterocycles.